The van der Waals surface area contributed by atoms with Crippen molar-refractivity contribution in [3.05, 3.63) is 36.0 Å². The van der Waals surface area contributed by atoms with Gasteiger partial charge in [0.05, 0.1) is 11.3 Å². The molecule has 0 radical (unpaired) electrons. The number of carboxylic acid groups (broad SMARTS) is 1. The molecular formula is C13H16N2O4S. The second kappa shape index (κ2) is 5.54. The summed E-state index contributed by atoms with van der Waals surface area (Å²) < 4.78 is 25.0. The van der Waals surface area contributed by atoms with E-state index in [0.29, 0.717) is 17.3 Å². The molecule has 2 rings (SSSR count). The van der Waals surface area contributed by atoms with Crippen molar-refractivity contribution in [3.8, 4) is 0 Å². The Bertz CT molecular complexity index is 734. The molecule has 0 saturated heterocycles. The van der Waals surface area contributed by atoms with Gasteiger partial charge in [-0.05, 0) is 18.6 Å². The molecule has 0 atom stereocenters. The molecule has 0 spiro atoms. The second-order valence-electron chi connectivity index (χ2n) is 4.49. The van der Waals surface area contributed by atoms with Gasteiger partial charge < -0.3 is 5.11 Å². The Morgan fingerprint density at radius 2 is 2.05 bits per heavy atom. The van der Waals surface area contributed by atoms with Crippen LogP contribution in [0.1, 0.15) is 30.3 Å². The van der Waals surface area contributed by atoms with Crippen LogP contribution in [0.2, 0.25) is 0 Å². The summed E-state index contributed by atoms with van der Waals surface area (Å²) in [7, 11) is -3.56. The summed E-state index contributed by atoms with van der Waals surface area (Å²) in [5.74, 6) is -1.21. The number of hydrogen-bond donors (Lipinski definition) is 2. The van der Waals surface area contributed by atoms with E-state index in [0.717, 1.165) is 11.1 Å². The molecular weight excluding hydrogens is 280 g/mol. The molecule has 2 aromatic rings. The fourth-order valence-electron chi connectivity index (χ4n) is 1.93. The minimum Gasteiger partial charge on any atom is -0.477 e. The maximum absolute atomic E-state index is 12.0. The first kappa shape index (κ1) is 14.4. The van der Waals surface area contributed by atoms with E-state index in [1.54, 1.807) is 24.3 Å². The molecule has 2 N–H and O–H groups in total. The number of nitrogens with zero attached hydrogens (tertiary/aromatic N) is 1. The number of hydrogen-bond acceptors (Lipinski definition) is 3. The largest absolute Gasteiger partial charge is 0.477 e. The number of fused-ring (bicyclic) bond motifs is 1. The molecule has 20 heavy (non-hydrogen) atoms. The van der Waals surface area contributed by atoms with E-state index in [1.165, 1.54) is 6.07 Å². The van der Waals surface area contributed by atoms with Gasteiger partial charge in [-0.25, -0.2) is 22.7 Å². The van der Waals surface area contributed by atoms with Crippen molar-refractivity contribution in [1.29, 1.82) is 0 Å². The molecule has 0 amide bonds. The molecule has 0 aliphatic carbocycles. The summed E-state index contributed by atoms with van der Waals surface area (Å²) in [4.78, 5) is 13.6. The van der Waals surface area contributed by atoms with Crippen LogP contribution < -0.4 is 4.83 Å². The van der Waals surface area contributed by atoms with Crippen LogP contribution in [0.25, 0.3) is 10.9 Å². The zero-order chi connectivity index (χ0) is 14.8. The predicted octanol–water partition coefficient (Wildman–Crippen LogP) is 2.01. The van der Waals surface area contributed by atoms with Crippen molar-refractivity contribution in [2.24, 2.45) is 0 Å². The number of aromatic carboxylic acids is 1. The van der Waals surface area contributed by atoms with E-state index in [2.05, 4.69) is 4.83 Å². The van der Waals surface area contributed by atoms with Gasteiger partial charge >= 0.3 is 5.97 Å². The van der Waals surface area contributed by atoms with Crippen LogP contribution in [0.15, 0.2) is 30.3 Å². The van der Waals surface area contributed by atoms with E-state index in [-0.39, 0.29) is 11.4 Å². The summed E-state index contributed by atoms with van der Waals surface area (Å²) in [6, 6.07) is 8.34. The third-order valence-electron chi connectivity index (χ3n) is 2.93. The molecule has 0 bridgehead atoms. The Labute approximate surface area is 117 Å². The van der Waals surface area contributed by atoms with Crippen molar-refractivity contribution in [1.82, 2.24) is 4.68 Å². The number of carboxylic acids is 1. The maximum Gasteiger partial charge on any atom is 0.354 e. The first-order valence-electron chi connectivity index (χ1n) is 6.29. The van der Waals surface area contributed by atoms with Crippen LogP contribution in [0.3, 0.4) is 0 Å². The fraction of sp³-hybridized carbons (Fsp3) is 0.308. The highest BCUT2D eigenvalue weighted by Gasteiger charge is 2.18. The third kappa shape index (κ3) is 2.93. The lowest BCUT2D eigenvalue weighted by Crippen LogP contribution is -2.28. The summed E-state index contributed by atoms with van der Waals surface area (Å²) >= 11 is 0. The second-order valence-corrected chi connectivity index (χ2v) is 6.31. The van der Waals surface area contributed by atoms with Crippen molar-refractivity contribution < 1.29 is 18.3 Å². The van der Waals surface area contributed by atoms with Crippen LogP contribution in [0.4, 0.5) is 0 Å². The third-order valence-corrected chi connectivity index (χ3v) is 4.21. The van der Waals surface area contributed by atoms with Gasteiger partial charge in [0, 0.05) is 5.39 Å². The van der Waals surface area contributed by atoms with Gasteiger partial charge in [0.1, 0.15) is 5.69 Å². The van der Waals surface area contributed by atoms with Crippen LogP contribution in [0, 0.1) is 0 Å². The first-order valence-corrected chi connectivity index (χ1v) is 7.94. The molecule has 7 heteroatoms. The Balaban J connectivity index is 2.47. The van der Waals surface area contributed by atoms with E-state index in [1.807, 2.05) is 6.92 Å². The van der Waals surface area contributed by atoms with Gasteiger partial charge in [0.25, 0.3) is 0 Å². The highest BCUT2D eigenvalue weighted by atomic mass is 32.2. The average Bonchev–Trinajstić information content (AvgIpc) is 2.75. The van der Waals surface area contributed by atoms with E-state index < -0.39 is 16.0 Å². The van der Waals surface area contributed by atoms with Gasteiger partial charge in [-0.2, -0.15) is 0 Å². The molecule has 0 fully saturated rings. The molecule has 0 unspecified atom stereocenters. The summed E-state index contributed by atoms with van der Waals surface area (Å²) in [5, 5.41) is 9.85. The number of sulfonamides is 1. The molecule has 0 aliphatic heterocycles. The smallest absolute Gasteiger partial charge is 0.354 e. The summed E-state index contributed by atoms with van der Waals surface area (Å²) in [6.07, 6.45) is 1.27. The molecule has 0 aliphatic rings. The van der Waals surface area contributed by atoms with Crippen LogP contribution in [0.5, 0.6) is 0 Å². The Morgan fingerprint density at radius 3 is 2.70 bits per heavy atom. The summed E-state index contributed by atoms with van der Waals surface area (Å²) in [6.45, 7) is 1.89. The Morgan fingerprint density at radius 1 is 1.35 bits per heavy atom. The monoisotopic (exact) mass is 296 g/mol. The van der Waals surface area contributed by atoms with Crippen molar-refractivity contribution in [2.75, 3.05) is 10.6 Å². The first-order chi connectivity index (χ1) is 9.44. The molecule has 0 saturated carbocycles. The van der Waals surface area contributed by atoms with E-state index >= 15 is 0 Å². The molecule has 1 heterocycles. The zero-order valence-corrected chi connectivity index (χ0v) is 11.9. The Kier molecular flexibility index (Phi) is 3.99. The van der Waals surface area contributed by atoms with Crippen molar-refractivity contribution in [2.45, 2.75) is 19.8 Å². The van der Waals surface area contributed by atoms with Crippen LogP contribution >= 0.6 is 0 Å². The number of carbonyl (C=O) groups is 1. The fourth-order valence-corrected chi connectivity index (χ4v) is 3.16. The number of para-hydroxylation sites is 1. The number of benzene rings is 1. The standard InChI is InChI=1S/C13H16N2O4S/c1-2-3-8-20(18,19)14-15-11-7-5-4-6-10(11)9-12(15)13(16)17/h4-7,9,14H,2-3,8H2,1H3,(H,16,17). The Hall–Kier alpha value is -2.02. The van der Waals surface area contributed by atoms with E-state index in [4.69, 9.17) is 0 Å². The normalized spacial score (nSPS) is 11.7. The highest BCUT2D eigenvalue weighted by molar-refractivity contribution is 7.92. The average molecular weight is 296 g/mol. The van der Waals surface area contributed by atoms with Crippen LogP contribution in [-0.2, 0) is 10.0 Å². The minimum atomic E-state index is -3.56. The predicted molar refractivity (Wildman–Crippen MR) is 77.0 cm³/mol. The lowest BCUT2D eigenvalue weighted by Gasteiger charge is -2.11. The number of nitrogens with one attached hydrogen (secondary N) is 1. The van der Waals surface area contributed by atoms with E-state index in [9.17, 15) is 18.3 Å². The number of aromatic nitrogens is 1. The number of unbranched alkanes of at least 4 members (excludes halogenated alkanes) is 1. The maximum atomic E-state index is 12.0. The van der Waals surface area contributed by atoms with Crippen LogP contribution in [-0.4, -0.2) is 29.9 Å². The quantitative estimate of drug-likeness (QED) is 0.853. The molecule has 6 nitrogen and oxygen atoms in total. The molecule has 1 aromatic carbocycles. The van der Waals surface area contributed by atoms with Gasteiger partial charge in [-0.15, -0.1) is 0 Å². The SMILES string of the molecule is CCCCS(=O)(=O)Nn1c(C(=O)O)cc2ccccc21. The van der Waals surface area contributed by atoms with Gasteiger partial charge in [0.2, 0.25) is 10.0 Å². The highest BCUT2D eigenvalue weighted by Crippen LogP contribution is 2.19. The van der Waals surface area contributed by atoms with Gasteiger partial charge in [0.15, 0.2) is 0 Å². The molecule has 1 aromatic heterocycles. The van der Waals surface area contributed by atoms with Gasteiger partial charge in [-0.3, -0.25) is 0 Å². The van der Waals surface area contributed by atoms with Crippen molar-refractivity contribution >= 4 is 26.9 Å². The molecule has 108 valence electrons. The van der Waals surface area contributed by atoms with Gasteiger partial charge in [-0.1, -0.05) is 31.5 Å². The van der Waals surface area contributed by atoms with Crippen molar-refractivity contribution in [3.63, 3.8) is 0 Å². The lowest BCUT2D eigenvalue weighted by atomic mass is 10.2. The topological polar surface area (TPSA) is 88.4 Å². The minimum absolute atomic E-state index is 0.0327. The lowest BCUT2D eigenvalue weighted by molar-refractivity contribution is 0.0688. The summed E-state index contributed by atoms with van der Waals surface area (Å²) in [5.41, 5.74) is 0.413. The zero-order valence-electron chi connectivity index (χ0n) is 11.0. The number of rotatable bonds is 6.